The molecule has 1 aromatic rings. The van der Waals surface area contributed by atoms with Crippen LogP contribution in [0.1, 0.15) is 38.1 Å². The Labute approximate surface area is 117 Å². The Morgan fingerprint density at radius 3 is 2.25 bits per heavy atom. The van der Waals surface area contributed by atoms with E-state index < -0.39 is 28.6 Å². The molecule has 4 N–H and O–H groups in total. The lowest BCUT2D eigenvalue weighted by molar-refractivity contribution is -0.126. The molecule has 0 atom stereocenters. The Morgan fingerprint density at radius 2 is 1.80 bits per heavy atom. The molecule has 110 valence electrons. The van der Waals surface area contributed by atoms with Crippen LogP contribution >= 0.6 is 0 Å². The first-order chi connectivity index (χ1) is 8.98. The average Bonchev–Trinajstić information content (AvgIpc) is 2.29. The maximum absolute atomic E-state index is 13.7. The molecule has 1 rings (SSSR count). The van der Waals surface area contributed by atoms with Crippen LogP contribution in [0.3, 0.4) is 0 Å². The minimum atomic E-state index is -1.32. The van der Waals surface area contributed by atoms with Crippen LogP contribution in [0.2, 0.25) is 0 Å². The number of rotatable bonds is 4. The summed E-state index contributed by atoms with van der Waals surface area (Å²) in [5, 5.41) is 11.4. The smallest absolute Gasteiger partial charge is 0.337 e. The van der Waals surface area contributed by atoms with Gasteiger partial charge in [-0.25, -0.2) is 9.18 Å². The molecule has 5 nitrogen and oxygen atoms in total. The standard InChI is InChI=1S/C14H19FN2O3/c1-13(2,14(3,4)16)12(20)17-10-8(11(18)19)6-5-7-9(10)15/h5-7H,16H2,1-4H3,(H,17,20)(H,18,19). The summed E-state index contributed by atoms with van der Waals surface area (Å²) in [5.41, 5.74) is 3.42. The second-order valence-corrected chi connectivity index (χ2v) is 5.77. The van der Waals surface area contributed by atoms with Crippen molar-refractivity contribution in [2.24, 2.45) is 11.1 Å². The van der Waals surface area contributed by atoms with E-state index in [1.54, 1.807) is 27.7 Å². The number of halogens is 1. The predicted molar refractivity (Wildman–Crippen MR) is 74.0 cm³/mol. The zero-order valence-electron chi connectivity index (χ0n) is 12.0. The number of hydrogen-bond acceptors (Lipinski definition) is 3. The van der Waals surface area contributed by atoms with E-state index in [1.807, 2.05) is 0 Å². The lowest BCUT2D eigenvalue weighted by Crippen LogP contribution is -2.53. The van der Waals surface area contributed by atoms with Crippen molar-refractivity contribution >= 4 is 17.6 Å². The number of benzene rings is 1. The van der Waals surface area contributed by atoms with E-state index in [4.69, 9.17) is 10.8 Å². The molecule has 1 amide bonds. The zero-order valence-corrected chi connectivity index (χ0v) is 12.0. The lowest BCUT2D eigenvalue weighted by Gasteiger charge is -2.37. The van der Waals surface area contributed by atoms with Gasteiger partial charge in [-0.1, -0.05) is 6.07 Å². The summed E-state index contributed by atoms with van der Waals surface area (Å²) in [6, 6.07) is 3.58. The Balaban J connectivity index is 3.18. The van der Waals surface area contributed by atoms with Gasteiger partial charge in [0.25, 0.3) is 0 Å². The zero-order chi connectivity index (χ0) is 15.7. The van der Waals surface area contributed by atoms with E-state index in [0.29, 0.717) is 0 Å². The van der Waals surface area contributed by atoms with E-state index >= 15 is 0 Å². The van der Waals surface area contributed by atoms with Crippen LogP contribution in [0, 0.1) is 11.2 Å². The molecule has 0 aliphatic rings. The number of carbonyl (C=O) groups excluding carboxylic acids is 1. The Morgan fingerprint density at radius 1 is 1.25 bits per heavy atom. The van der Waals surface area contributed by atoms with Crippen LogP contribution in [-0.2, 0) is 4.79 Å². The van der Waals surface area contributed by atoms with Gasteiger partial charge in [0.2, 0.25) is 5.91 Å². The Hall–Kier alpha value is -1.95. The highest BCUT2D eigenvalue weighted by molar-refractivity contribution is 6.02. The van der Waals surface area contributed by atoms with E-state index in [-0.39, 0.29) is 11.3 Å². The fourth-order valence-corrected chi connectivity index (χ4v) is 1.39. The van der Waals surface area contributed by atoms with Crippen molar-refractivity contribution in [3.05, 3.63) is 29.6 Å². The summed E-state index contributed by atoms with van der Waals surface area (Å²) in [6.07, 6.45) is 0. The van der Waals surface area contributed by atoms with Gasteiger partial charge in [-0.15, -0.1) is 0 Å². The molecule has 0 saturated carbocycles. The van der Waals surface area contributed by atoms with Crippen molar-refractivity contribution in [1.29, 1.82) is 0 Å². The van der Waals surface area contributed by atoms with Crippen molar-refractivity contribution in [2.75, 3.05) is 5.32 Å². The number of nitrogens with two attached hydrogens (primary N) is 1. The number of hydrogen-bond donors (Lipinski definition) is 3. The van der Waals surface area contributed by atoms with Crippen LogP contribution in [0.5, 0.6) is 0 Å². The number of anilines is 1. The number of amides is 1. The topological polar surface area (TPSA) is 92.4 Å². The van der Waals surface area contributed by atoms with E-state index in [9.17, 15) is 14.0 Å². The van der Waals surface area contributed by atoms with Crippen LogP contribution in [-0.4, -0.2) is 22.5 Å². The number of carbonyl (C=O) groups is 2. The minimum absolute atomic E-state index is 0.302. The molecule has 0 fully saturated rings. The second-order valence-electron chi connectivity index (χ2n) is 5.77. The van der Waals surface area contributed by atoms with Crippen LogP contribution < -0.4 is 11.1 Å². The second kappa shape index (κ2) is 5.20. The molecule has 0 aliphatic carbocycles. The summed E-state index contributed by atoms with van der Waals surface area (Å²) in [7, 11) is 0. The lowest BCUT2D eigenvalue weighted by atomic mass is 9.74. The Bertz CT molecular complexity index is 548. The molecule has 6 heteroatoms. The highest BCUT2D eigenvalue weighted by Crippen LogP contribution is 2.31. The van der Waals surface area contributed by atoms with E-state index in [0.717, 1.165) is 6.07 Å². The highest BCUT2D eigenvalue weighted by atomic mass is 19.1. The third-order valence-corrected chi connectivity index (χ3v) is 3.66. The number of para-hydroxylation sites is 1. The first-order valence-corrected chi connectivity index (χ1v) is 6.10. The minimum Gasteiger partial charge on any atom is -0.478 e. The molecule has 0 bridgehead atoms. The molecule has 0 saturated heterocycles. The number of aromatic carboxylic acids is 1. The van der Waals surface area contributed by atoms with Crippen molar-refractivity contribution < 1.29 is 19.1 Å². The van der Waals surface area contributed by atoms with Crippen molar-refractivity contribution in [3.8, 4) is 0 Å². The van der Waals surface area contributed by atoms with Crippen molar-refractivity contribution in [2.45, 2.75) is 33.2 Å². The molecular weight excluding hydrogens is 263 g/mol. The SMILES string of the molecule is CC(C)(N)C(C)(C)C(=O)Nc1c(F)cccc1C(=O)O. The fourth-order valence-electron chi connectivity index (χ4n) is 1.39. The van der Waals surface area contributed by atoms with E-state index in [2.05, 4.69) is 5.32 Å². The van der Waals surface area contributed by atoms with Gasteiger partial charge < -0.3 is 16.2 Å². The van der Waals surface area contributed by atoms with Crippen molar-refractivity contribution in [1.82, 2.24) is 0 Å². The largest absolute Gasteiger partial charge is 0.478 e. The molecule has 0 unspecified atom stereocenters. The molecule has 0 heterocycles. The molecule has 0 aliphatic heterocycles. The molecule has 20 heavy (non-hydrogen) atoms. The van der Waals surface area contributed by atoms with Gasteiger partial charge in [0, 0.05) is 5.54 Å². The predicted octanol–water partition coefficient (Wildman–Crippen LogP) is 2.23. The van der Waals surface area contributed by atoms with Gasteiger partial charge in [-0.05, 0) is 39.8 Å². The number of nitrogens with one attached hydrogen (secondary N) is 1. The van der Waals surface area contributed by atoms with Gasteiger partial charge in [-0.2, -0.15) is 0 Å². The van der Waals surface area contributed by atoms with E-state index in [1.165, 1.54) is 12.1 Å². The summed E-state index contributed by atoms with van der Waals surface area (Å²) >= 11 is 0. The summed E-state index contributed by atoms with van der Waals surface area (Å²) in [6.45, 7) is 6.57. The third-order valence-electron chi connectivity index (χ3n) is 3.66. The first-order valence-electron chi connectivity index (χ1n) is 6.10. The van der Waals surface area contributed by atoms with Crippen LogP contribution in [0.15, 0.2) is 18.2 Å². The van der Waals surface area contributed by atoms with Crippen molar-refractivity contribution in [3.63, 3.8) is 0 Å². The molecule has 0 spiro atoms. The number of carboxylic acids is 1. The summed E-state index contributed by atoms with van der Waals surface area (Å²) < 4.78 is 13.7. The van der Waals surface area contributed by atoms with Crippen LogP contribution in [0.25, 0.3) is 0 Å². The average molecular weight is 282 g/mol. The van der Waals surface area contributed by atoms with Gasteiger partial charge in [0.05, 0.1) is 16.7 Å². The quantitative estimate of drug-likeness (QED) is 0.789. The fraction of sp³-hybridized carbons (Fsp3) is 0.429. The maximum Gasteiger partial charge on any atom is 0.337 e. The number of carboxylic acid groups (broad SMARTS) is 1. The van der Waals surface area contributed by atoms with Gasteiger partial charge in [0.15, 0.2) is 0 Å². The monoisotopic (exact) mass is 282 g/mol. The molecule has 0 aromatic heterocycles. The van der Waals surface area contributed by atoms with Crippen LogP contribution in [0.4, 0.5) is 10.1 Å². The first kappa shape index (κ1) is 16.1. The Kier molecular flexibility index (Phi) is 4.19. The summed E-state index contributed by atoms with van der Waals surface area (Å²) in [4.78, 5) is 23.3. The highest BCUT2D eigenvalue weighted by Gasteiger charge is 2.41. The van der Waals surface area contributed by atoms with Gasteiger partial charge >= 0.3 is 5.97 Å². The van der Waals surface area contributed by atoms with Gasteiger partial charge in [0.1, 0.15) is 5.82 Å². The molecule has 1 aromatic carbocycles. The molecular formula is C14H19FN2O3. The third kappa shape index (κ3) is 2.96. The van der Waals surface area contributed by atoms with Gasteiger partial charge in [-0.3, -0.25) is 4.79 Å². The molecule has 0 radical (unpaired) electrons. The summed E-state index contributed by atoms with van der Waals surface area (Å²) in [5.74, 6) is -2.66. The maximum atomic E-state index is 13.7. The normalized spacial score (nSPS) is 12.1.